The topological polar surface area (TPSA) is 26.0 Å². The first-order valence-corrected chi connectivity index (χ1v) is 6.29. The zero-order chi connectivity index (χ0) is 14.0. The van der Waals surface area contributed by atoms with Crippen LogP contribution in [0.3, 0.4) is 0 Å². The monoisotopic (exact) mass is 261 g/mol. The number of hydrogen-bond donors (Lipinski definition) is 1. The van der Waals surface area contributed by atoms with Gasteiger partial charge in [0, 0.05) is 5.56 Å². The largest absolute Gasteiger partial charge is 0.318 e. The van der Waals surface area contributed by atoms with Gasteiger partial charge in [-0.15, -0.1) is 0 Å². The number of hydrogen-bond acceptors (Lipinski definition) is 1. The summed E-state index contributed by atoms with van der Waals surface area (Å²) < 4.78 is 27.7. The van der Waals surface area contributed by atoms with E-state index in [9.17, 15) is 8.78 Å². The Morgan fingerprint density at radius 2 is 1.53 bits per heavy atom. The Balaban J connectivity index is 2.51. The van der Waals surface area contributed by atoms with Crippen LogP contribution < -0.4 is 5.73 Å². The molecule has 0 saturated carbocycles. The van der Waals surface area contributed by atoms with E-state index in [2.05, 4.69) is 0 Å². The second kappa shape index (κ2) is 5.10. The maximum atomic E-state index is 13.9. The van der Waals surface area contributed by atoms with Gasteiger partial charge in [-0.25, -0.2) is 8.78 Å². The normalized spacial score (nSPS) is 14.2. The van der Waals surface area contributed by atoms with E-state index in [1.807, 2.05) is 31.2 Å². The van der Waals surface area contributed by atoms with E-state index in [-0.39, 0.29) is 5.56 Å². The quantitative estimate of drug-likeness (QED) is 0.894. The second-order valence-electron chi connectivity index (χ2n) is 4.85. The molecule has 2 rings (SSSR count). The molecule has 0 aliphatic heterocycles. The van der Waals surface area contributed by atoms with E-state index in [1.54, 1.807) is 6.92 Å². The van der Waals surface area contributed by atoms with E-state index in [0.717, 1.165) is 12.0 Å². The summed E-state index contributed by atoms with van der Waals surface area (Å²) in [7, 11) is 0. The summed E-state index contributed by atoms with van der Waals surface area (Å²) in [5.74, 6) is -1.24. The molecular formula is C16H17F2N. The molecule has 0 saturated heterocycles. The van der Waals surface area contributed by atoms with Gasteiger partial charge in [0.1, 0.15) is 11.6 Å². The molecule has 2 aromatic carbocycles. The van der Waals surface area contributed by atoms with Crippen molar-refractivity contribution in [3.05, 3.63) is 70.8 Å². The highest BCUT2D eigenvalue weighted by molar-refractivity contribution is 5.39. The Kier molecular flexibility index (Phi) is 3.67. The molecule has 1 atom stereocenters. The first kappa shape index (κ1) is 13.7. The van der Waals surface area contributed by atoms with Gasteiger partial charge in [0.15, 0.2) is 0 Å². The maximum Gasteiger partial charge on any atom is 0.131 e. The molecular weight excluding hydrogens is 244 g/mol. The van der Waals surface area contributed by atoms with Crippen molar-refractivity contribution in [2.24, 2.45) is 5.73 Å². The molecule has 1 unspecified atom stereocenters. The molecule has 0 aliphatic carbocycles. The number of rotatable bonds is 3. The first-order chi connectivity index (χ1) is 8.96. The molecule has 19 heavy (non-hydrogen) atoms. The summed E-state index contributed by atoms with van der Waals surface area (Å²) in [5, 5.41) is 0. The highest BCUT2D eigenvalue weighted by atomic mass is 19.1. The lowest BCUT2D eigenvalue weighted by molar-refractivity contribution is 0.482. The Labute approximate surface area is 112 Å². The Bertz CT molecular complexity index is 554. The van der Waals surface area contributed by atoms with Gasteiger partial charge in [-0.05, 0) is 36.6 Å². The molecule has 0 bridgehead atoms. The van der Waals surface area contributed by atoms with E-state index < -0.39 is 17.2 Å². The lowest BCUT2D eigenvalue weighted by Gasteiger charge is -2.27. The lowest BCUT2D eigenvalue weighted by Crippen LogP contribution is -2.36. The zero-order valence-corrected chi connectivity index (χ0v) is 11.1. The van der Waals surface area contributed by atoms with Gasteiger partial charge in [0.25, 0.3) is 0 Å². The third-order valence-electron chi connectivity index (χ3n) is 3.44. The van der Waals surface area contributed by atoms with E-state index in [0.29, 0.717) is 5.56 Å². The van der Waals surface area contributed by atoms with Crippen molar-refractivity contribution in [2.45, 2.75) is 25.8 Å². The predicted octanol–water partition coefficient (Wildman–Crippen LogP) is 3.75. The predicted molar refractivity (Wildman–Crippen MR) is 72.8 cm³/mol. The number of benzene rings is 2. The van der Waals surface area contributed by atoms with E-state index >= 15 is 0 Å². The highest BCUT2D eigenvalue weighted by Crippen LogP contribution is 2.30. The standard InChI is InChI=1S/C16H17F2N/c1-3-11-7-9-12(10-8-11)16(2,19)15-13(17)5-4-6-14(15)18/h4-10H,3,19H2,1-2H3. The van der Waals surface area contributed by atoms with Crippen LogP contribution in [0.1, 0.15) is 30.5 Å². The minimum absolute atomic E-state index is 0.0979. The molecule has 0 aromatic heterocycles. The molecule has 2 N–H and O–H groups in total. The summed E-state index contributed by atoms with van der Waals surface area (Å²) in [6, 6.07) is 11.3. The van der Waals surface area contributed by atoms with Crippen molar-refractivity contribution >= 4 is 0 Å². The Morgan fingerprint density at radius 3 is 2.00 bits per heavy atom. The van der Waals surface area contributed by atoms with Crippen molar-refractivity contribution < 1.29 is 8.78 Å². The van der Waals surface area contributed by atoms with E-state index in [1.165, 1.54) is 18.2 Å². The summed E-state index contributed by atoms with van der Waals surface area (Å²) in [5.41, 5.74) is 6.73. The van der Waals surface area contributed by atoms with Crippen molar-refractivity contribution in [3.8, 4) is 0 Å². The minimum Gasteiger partial charge on any atom is -0.318 e. The molecule has 2 aromatic rings. The average molecular weight is 261 g/mol. The van der Waals surface area contributed by atoms with Crippen LogP contribution in [0.5, 0.6) is 0 Å². The second-order valence-corrected chi connectivity index (χ2v) is 4.85. The molecule has 0 aliphatic rings. The molecule has 0 spiro atoms. The van der Waals surface area contributed by atoms with Crippen LogP contribution in [-0.2, 0) is 12.0 Å². The third-order valence-corrected chi connectivity index (χ3v) is 3.44. The SMILES string of the molecule is CCc1ccc(C(C)(N)c2c(F)cccc2F)cc1. The summed E-state index contributed by atoms with van der Waals surface area (Å²) in [6.07, 6.45) is 0.912. The summed E-state index contributed by atoms with van der Waals surface area (Å²) in [4.78, 5) is 0. The molecule has 1 nitrogen and oxygen atoms in total. The smallest absolute Gasteiger partial charge is 0.131 e. The van der Waals surface area contributed by atoms with Gasteiger partial charge >= 0.3 is 0 Å². The van der Waals surface area contributed by atoms with Crippen molar-refractivity contribution in [1.29, 1.82) is 0 Å². The van der Waals surface area contributed by atoms with Gasteiger partial charge in [-0.3, -0.25) is 0 Å². The van der Waals surface area contributed by atoms with Gasteiger partial charge in [-0.2, -0.15) is 0 Å². The van der Waals surface area contributed by atoms with Crippen LogP contribution in [0, 0.1) is 11.6 Å². The van der Waals surface area contributed by atoms with Gasteiger partial charge in [0.2, 0.25) is 0 Å². The first-order valence-electron chi connectivity index (χ1n) is 6.29. The van der Waals surface area contributed by atoms with E-state index in [4.69, 9.17) is 5.73 Å². The van der Waals surface area contributed by atoms with Crippen LogP contribution in [0.15, 0.2) is 42.5 Å². The van der Waals surface area contributed by atoms with Crippen molar-refractivity contribution in [1.82, 2.24) is 0 Å². The fourth-order valence-electron chi connectivity index (χ4n) is 2.22. The van der Waals surface area contributed by atoms with Crippen LogP contribution in [0.4, 0.5) is 8.78 Å². The Hall–Kier alpha value is -1.74. The van der Waals surface area contributed by atoms with Crippen molar-refractivity contribution in [3.63, 3.8) is 0 Å². The summed E-state index contributed by atoms with van der Waals surface area (Å²) >= 11 is 0. The molecule has 0 amide bonds. The molecule has 3 heteroatoms. The third kappa shape index (κ3) is 2.51. The molecule has 0 fully saturated rings. The summed E-state index contributed by atoms with van der Waals surface area (Å²) in [6.45, 7) is 3.67. The fraction of sp³-hybridized carbons (Fsp3) is 0.250. The molecule has 100 valence electrons. The zero-order valence-electron chi connectivity index (χ0n) is 11.1. The van der Waals surface area contributed by atoms with Crippen LogP contribution >= 0.6 is 0 Å². The number of halogens is 2. The average Bonchev–Trinajstić information content (AvgIpc) is 2.38. The maximum absolute atomic E-state index is 13.9. The fourth-order valence-corrected chi connectivity index (χ4v) is 2.22. The van der Waals surface area contributed by atoms with Gasteiger partial charge in [0.05, 0.1) is 5.54 Å². The lowest BCUT2D eigenvalue weighted by atomic mass is 9.84. The minimum atomic E-state index is -1.19. The van der Waals surface area contributed by atoms with Gasteiger partial charge in [-0.1, -0.05) is 37.3 Å². The van der Waals surface area contributed by atoms with Crippen LogP contribution in [-0.4, -0.2) is 0 Å². The number of aryl methyl sites for hydroxylation is 1. The number of nitrogens with two attached hydrogens (primary N) is 1. The Morgan fingerprint density at radius 1 is 1.00 bits per heavy atom. The molecule has 0 heterocycles. The van der Waals surface area contributed by atoms with Crippen LogP contribution in [0.2, 0.25) is 0 Å². The molecule has 0 radical (unpaired) electrons. The highest BCUT2D eigenvalue weighted by Gasteiger charge is 2.30. The van der Waals surface area contributed by atoms with Crippen molar-refractivity contribution in [2.75, 3.05) is 0 Å². The van der Waals surface area contributed by atoms with Crippen LogP contribution in [0.25, 0.3) is 0 Å². The van der Waals surface area contributed by atoms with Gasteiger partial charge < -0.3 is 5.73 Å².